The van der Waals surface area contributed by atoms with E-state index in [1.54, 1.807) is 0 Å². The Bertz CT molecular complexity index is 425. The van der Waals surface area contributed by atoms with Gasteiger partial charge in [-0.25, -0.2) is 0 Å². The molecule has 2 fully saturated rings. The molecule has 0 amide bonds. The van der Waals surface area contributed by atoms with Crippen molar-refractivity contribution < 1.29 is 0 Å². The van der Waals surface area contributed by atoms with Crippen LogP contribution in [-0.4, -0.2) is 17.0 Å². The Labute approximate surface area is 117 Å². The van der Waals surface area contributed by atoms with E-state index in [0.29, 0.717) is 11.5 Å². The smallest absolute Gasteiger partial charge is 0.0275 e. The first-order valence-electron chi connectivity index (χ1n) is 7.77. The van der Waals surface area contributed by atoms with Crippen LogP contribution in [0.3, 0.4) is 0 Å². The van der Waals surface area contributed by atoms with Gasteiger partial charge in [-0.3, -0.25) is 4.90 Å². The van der Waals surface area contributed by atoms with E-state index in [2.05, 4.69) is 47.9 Å². The Morgan fingerprint density at radius 1 is 1.16 bits per heavy atom. The lowest BCUT2D eigenvalue weighted by atomic mass is 9.78. The van der Waals surface area contributed by atoms with E-state index >= 15 is 0 Å². The molecule has 1 saturated heterocycles. The first-order valence-corrected chi connectivity index (χ1v) is 7.77. The van der Waals surface area contributed by atoms with Gasteiger partial charge < -0.3 is 0 Å². The largest absolute Gasteiger partial charge is 0.293 e. The van der Waals surface area contributed by atoms with Crippen LogP contribution in [0.15, 0.2) is 43.0 Å². The van der Waals surface area contributed by atoms with Crippen molar-refractivity contribution in [2.24, 2.45) is 5.92 Å². The average Bonchev–Trinajstić information content (AvgIpc) is 2.86. The number of benzene rings is 1. The Hall–Kier alpha value is -1.08. The second-order valence-electron chi connectivity index (χ2n) is 6.20. The summed E-state index contributed by atoms with van der Waals surface area (Å²) in [5.74, 6) is 0.705. The van der Waals surface area contributed by atoms with E-state index < -0.39 is 0 Å². The Balaban J connectivity index is 1.83. The summed E-state index contributed by atoms with van der Waals surface area (Å²) in [6, 6.07) is 11.0. The molecule has 2 atom stereocenters. The van der Waals surface area contributed by atoms with Crippen molar-refractivity contribution in [3.8, 4) is 0 Å². The monoisotopic (exact) mass is 255 g/mol. The highest BCUT2D eigenvalue weighted by atomic mass is 15.2. The second kappa shape index (κ2) is 5.50. The SMILES string of the molecule is C=C[C@@H]1CCCC12CCCCN2Cc1ccccc1. The van der Waals surface area contributed by atoms with Crippen LogP contribution in [0, 0.1) is 5.92 Å². The van der Waals surface area contributed by atoms with Crippen LogP contribution in [0.5, 0.6) is 0 Å². The summed E-state index contributed by atoms with van der Waals surface area (Å²) in [5.41, 5.74) is 1.88. The third-order valence-corrected chi connectivity index (χ3v) is 5.23. The van der Waals surface area contributed by atoms with Gasteiger partial charge in [-0.05, 0) is 43.7 Å². The minimum atomic E-state index is 0.426. The molecule has 1 aliphatic heterocycles. The summed E-state index contributed by atoms with van der Waals surface area (Å²) < 4.78 is 0. The fraction of sp³-hybridized carbons (Fsp3) is 0.556. The van der Waals surface area contributed by atoms with E-state index in [0.717, 1.165) is 6.54 Å². The van der Waals surface area contributed by atoms with Crippen LogP contribution in [-0.2, 0) is 6.54 Å². The highest BCUT2D eigenvalue weighted by Gasteiger charge is 2.46. The zero-order valence-electron chi connectivity index (χ0n) is 11.9. The predicted octanol–water partition coefficient (Wildman–Crippen LogP) is 4.40. The average molecular weight is 255 g/mol. The summed E-state index contributed by atoms with van der Waals surface area (Å²) in [4.78, 5) is 2.77. The van der Waals surface area contributed by atoms with Crippen LogP contribution in [0.25, 0.3) is 0 Å². The van der Waals surface area contributed by atoms with Gasteiger partial charge in [0.15, 0.2) is 0 Å². The lowest BCUT2D eigenvalue weighted by Crippen LogP contribution is -2.53. The van der Waals surface area contributed by atoms with Gasteiger partial charge in [-0.1, -0.05) is 49.2 Å². The van der Waals surface area contributed by atoms with Crippen molar-refractivity contribution in [1.29, 1.82) is 0 Å². The summed E-state index contributed by atoms with van der Waals surface area (Å²) >= 11 is 0. The van der Waals surface area contributed by atoms with Crippen LogP contribution in [0.4, 0.5) is 0 Å². The normalized spacial score (nSPS) is 31.7. The third kappa shape index (κ3) is 2.36. The van der Waals surface area contributed by atoms with Crippen LogP contribution in [0.1, 0.15) is 44.1 Å². The van der Waals surface area contributed by atoms with Crippen molar-refractivity contribution >= 4 is 0 Å². The van der Waals surface area contributed by atoms with E-state index in [9.17, 15) is 0 Å². The molecule has 1 aromatic carbocycles. The fourth-order valence-electron chi connectivity index (χ4n) is 4.28. The number of hydrogen-bond acceptors (Lipinski definition) is 1. The van der Waals surface area contributed by atoms with Gasteiger partial charge in [-0.15, -0.1) is 6.58 Å². The van der Waals surface area contributed by atoms with Crippen molar-refractivity contribution in [2.45, 2.75) is 50.6 Å². The van der Waals surface area contributed by atoms with Gasteiger partial charge >= 0.3 is 0 Å². The van der Waals surface area contributed by atoms with E-state index in [4.69, 9.17) is 0 Å². The van der Waals surface area contributed by atoms with Crippen LogP contribution < -0.4 is 0 Å². The van der Waals surface area contributed by atoms with Crippen LogP contribution in [0.2, 0.25) is 0 Å². The van der Waals surface area contributed by atoms with Gasteiger partial charge in [-0.2, -0.15) is 0 Å². The molecule has 1 aliphatic carbocycles. The molecule has 19 heavy (non-hydrogen) atoms. The molecule has 102 valence electrons. The zero-order valence-corrected chi connectivity index (χ0v) is 11.9. The van der Waals surface area contributed by atoms with E-state index in [1.165, 1.54) is 50.6 Å². The zero-order chi connectivity index (χ0) is 13.1. The molecule has 2 aliphatic rings. The maximum absolute atomic E-state index is 4.11. The first-order chi connectivity index (χ1) is 9.35. The maximum atomic E-state index is 4.11. The molecule has 3 rings (SSSR count). The molecular formula is C18H25N. The minimum Gasteiger partial charge on any atom is -0.293 e. The topological polar surface area (TPSA) is 3.24 Å². The Kier molecular flexibility index (Phi) is 3.74. The molecule has 1 heteroatoms. The lowest BCUT2D eigenvalue weighted by Gasteiger charge is -2.48. The van der Waals surface area contributed by atoms with Gasteiger partial charge in [0, 0.05) is 12.1 Å². The highest BCUT2D eigenvalue weighted by Crippen LogP contribution is 2.47. The number of piperidine rings is 1. The summed E-state index contributed by atoms with van der Waals surface area (Å²) in [6.07, 6.45) is 10.5. The Morgan fingerprint density at radius 3 is 2.74 bits per heavy atom. The van der Waals surface area contributed by atoms with Crippen molar-refractivity contribution in [1.82, 2.24) is 4.90 Å². The summed E-state index contributed by atoms with van der Waals surface area (Å²) in [5, 5.41) is 0. The van der Waals surface area contributed by atoms with Gasteiger partial charge in [0.25, 0.3) is 0 Å². The summed E-state index contributed by atoms with van der Waals surface area (Å²) in [6.45, 7) is 6.49. The highest BCUT2D eigenvalue weighted by molar-refractivity contribution is 5.17. The molecular weight excluding hydrogens is 230 g/mol. The molecule has 1 unspecified atom stereocenters. The van der Waals surface area contributed by atoms with Gasteiger partial charge in [0.1, 0.15) is 0 Å². The number of likely N-dealkylation sites (tertiary alicyclic amines) is 1. The van der Waals surface area contributed by atoms with Gasteiger partial charge in [0.05, 0.1) is 0 Å². The molecule has 1 spiro atoms. The fourth-order valence-corrected chi connectivity index (χ4v) is 4.28. The molecule has 0 N–H and O–H groups in total. The number of hydrogen-bond donors (Lipinski definition) is 0. The predicted molar refractivity (Wildman–Crippen MR) is 81.0 cm³/mol. The summed E-state index contributed by atoms with van der Waals surface area (Å²) in [7, 11) is 0. The van der Waals surface area contributed by atoms with Crippen molar-refractivity contribution in [3.63, 3.8) is 0 Å². The molecule has 1 nitrogen and oxygen atoms in total. The van der Waals surface area contributed by atoms with Crippen LogP contribution >= 0.6 is 0 Å². The molecule has 1 saturated carbocycles. The van der Waals surface area contributed by atoms with Gasteiger partial charge in [0.2, 0.25) is 0 Å². The van der Waals surface area contributed by atoms with E-state index in [-0.39, 0.29) is 0 Å². The standard InChI is InChI=1S/C18H25N/c1-2-17-11-8-13-18(17)12-6-7-14-19(18)15-16-9-4-3-5-10-16/h2-5,9-10,17H,1,6-8,11-15H2/t17-,18?/m1/s1. The Morgan fingerprint density at radius 2 is 1.95 bits per heavy atom. The van der Waals surface area contributed by atoms with E-state index in [1.807, 2.05) is 0 Å². The number of rotatable bonds is 3. The second-order valence-corrected chi connectivity index (χ2v) is 6.20. The maximum Gasteiger partial charge on any atom is 0.0275 e. The molecule has 1 aromatic rings. The lowest BCUT2D eigenvalue weighted by molar-refractivity contribution is 0.0211. The molecule has 0 aromatic heterocycles. The minimum absolute atomic E-state index is 0.426. The first kappa shape index (κ1) is 12.9. The number of nitrogens with zero attached hydrogens (tertiary/aromatic N) is 1. The molecule has 0 bridgehead atoms. The quantitative estimate of drug-likeness (QED) is 0.724. The van der Waals surface area contributed by atoms with Crippen molar-refractivity contribution in [3.05, 3.63) is 48.6 Å². The van der Waals surface area contributed by atoms with Crippen molar-refractivity contribution in [2.75, 3.05) is 6.54 Å². The molecule has 1 heterocycles. The molecule has 0 radical (unpaired) electrons. The third-order valence-electron chi connectivity index (χ3n) is 5.23.